The Labute approximate surface area is 133 Å². The number of hydrogen-bond donors (Lipinski definition) is 2. The van der Waals surface area contributed by atoms with Crippen molar-refractivity contribution in [3.8, 4) is 6.07 Å². The molecule has 3 aromatic rings. The molecule has 0 saturated carbocycles. The van der Waals surface area contributed by atoms with E-state index in [1.807, 2.05) is 36.5 Å². The van der Waals surface area contributed by atoms with E-state index in [0.717, 1.165) is 16.5 Å². The van der Waals surface area contributed by atoms with Crippen LogP contribution in [0, 0.1) is 11.3 Å². The molecule has 5 nitrogen and oxygen atoms in total. The third kappa shape index (κ3) is 3.33. The Morgan fingerprint density at radius 2 is 2.17 bits per heavy atom. The predicted molar refractivity (Wildman–Crippen MR) is 87.3 cm³/mol. The molecule has 0 aliphatic carbocycles. The maximum atomic E-state index is 12.0. The van der Waals surface area contributed by atoms with Crippen LogP contribution < -0.4 is 5.32 Å². The molecule has 0 bridgehead atoms. The number of benzene rings is 1. The number of hydrogen-bond acceptors (Lipinski definition) is 3. The van der Waals surface area contributed by atoms with Gasteiger partial charge in [0, 0.05) is 29.7 Å². The molecule has 2 aromatic heterocycles. The number of aromatic nitrogens is 1. The lowest BCUT2D eigenvalue weighted by molar-refractivity contribution is -0.117. The summed E-state index contributed by atoms with van der Waals surface area (Å²) in [5.41, 5.74) is 2.23. The van der Waals surface area contributed by atoms with Crippen LogP contribution in [0.5, 0.6) is 0 Å². The van der Waals surface area contributed by atoms with Gasteiger partial charge in [0.15, 0.2) is 0 Å². The van der Waals surface area contributed by atoms with Gasteiger partial charge in [-0.05, 0) is 30.2 Å². The van der Waals surface area contributed by atoms with Crippen LogP contribution in [0.15, 0.2) is 58.8 Å². The van der Waals surface area contributed by atoms with E-state index < -0.39 is 5.91 Å². The van der Waals surface area contributed by atoms with E-state index in [9.17, 15) is 4.79 Å². The van der Waals surface area contributed by atoms with Crippen LogP contribution in [0.1, 0.15) is 11.3 Å². The SMILES string of the molecule is N#C/C(=C/c1ccco1)C(=O)NCCc1c[nH]c2ccccc12. The molecular formula is C18H15N3O2. The molecule has 1 amide bonds. The van der Waals surface area contributed by atoms with Gasteiger partial charge in [-0.1, -0.05) is 18.2 Å². The maximum Gasteiger partial charge on any atom is 0.262 e. The normalized spacial score (nSPS) is 11.3. The first-order valence-corrected chi connectivity index (χ1v) is 7.26. The molecule has 0 aliphatic rings. The Morgan fingerprint density at radius 3 is 2.96 bits per heavy atom. The largest absolute Gasteiger partial charge is 0.465 e. The van der Waals surface area contributed by atoms with Crippen molar-refractivity contribution < 1.29 is 9.21 Å². The molecular weight excluding hydrogens is 290 g/mol. The predicted octanol–water partition coefficient (Wildman–Crippen LogP) is 3.03. The number of H-pyrrole nitrogens is 1. The highest BCUT2D eigenvalue weighted by Crippen LogP contribution is 2.17. The number of para-hydroxylation sites is 1. The number of aromatic amines is 1. The summed E-state index contributed by atoms with van der Waals surface area (Å²) < 4.78 is 5.12. The molecule has 114 valence electrons. The zero-order chi connectivity index (χ0) is 16.1. The van der Waals surface area contributed by atoms with Crippen LogP contribution in [0.4, 0.5) is 0 Å². The van der Waals surface area contributed by atoms with Crippen molar-refractivity contribution in [2.75, 3.05) is 6.54 Å². The lowest BCUT2D eigenvalue weighted by atomic mass is 10.1. The molecule has 2 N–H and O–H groups in total. The first-order valence-electron chi connectivity index (χ1n) is 7.26. The Balaban J connectivity index is 1.62. The number of nitrogens with one attached hydrogen (secondary N) is 2. The smallest absolute Gasteiger partial charge is 0.262 e. The highest BCUT2D eigenvalue weighted by Gasteiger charge is 2.10. The van der Waals surface area contributed by atoms with E-state index in [1.165, 1.54) is 12.3 Å². The van der Waals surface area contributed by atoms with Gasteiger partial charge in [-0.25, -0.2) is 0 Å². The second-order valence-electron chi connectivity index (χ2n) is 5.05. The van der Waals surface area contributed by atoms with E-state index in [-0.39, 0.29) is 5.57 Å². The lowest BCUT2D eigenvalue weighted by Gasteiger charge is -2.03. The summed E-state index contributed by atoms with van der Waals surface area (Å²) in [7, 11) is 0. The van der Waals surface area contributed by atoms with Crippen molar-refractivity contribution in [3.05, 3.63) is 65.8 Å². The number of amides is 1. The standard InChI is InChI=1S/C18H15N3O2/c19-11-14(10-15-4-3-9-23-15)18(22)20-8-7-13-12-21-17-6-2-1-5-16(13)17/h1-6,9-10,12,21H,7-8H2,(H,20,22)/b14-10-. The van der Waals surface area contributed by atoms with Crippen LogP contribution >= 0.6 is 0 Å². The molecule has 0 radical (unpaired) electrons. The van der Waals surface area contributed by atoms with Gasteiger partial charge < -0.3 is 14.7 Å². The summed E-state index contributed by atoms with van der Waals surface area (Å²) in [6, 6.07) is 13.3. The highest BCUT2D eigenvalue weighted by molar-refractivity contribution is 6.01. The first kappa shape index (κ1) is 14.7. The van der Waals surface area contributed by atoms with E-state index in [4.69, 9.17) is 9.68 Å². The molecule has 3 rings (SSSR count). The average molecular weight is 305 g/mol. The Kier molecular flexibility index (Phi) is 4.25. The van der Waals surface area contributed by atoms with Crippen LogP contribution in [-0.4, -0.2) is 17.4 Å². The molecule has 23 heavy (non-hydrogen) atoms. The van der Waals surface area contributed by atoms with E-state index in [0.29, 0.717) is 18.7 Å². The van der Waals surface area contributed by atoms with Crippen LogP contribution in [0.25, 0.3) is 17.0 Å². The second kappa shape index (κ2) is 6.67. The van der Waals surface area contributed by atoms with Gasteiger partial charge in [0.25, 0.3) is 5.91 Å². The second-order valence-corrected chi connectivity index (χ2v) is 5.05. The Hall–Kier alpha value is -3.26. The monoisotopic (exact) mass is 305 g/mol. The van der Waals surface area contributed by atoms with Crippen molar-refractivity contribution >= 4 is 22.9 Å². The number of carbonyl (C=O) groups excluding carboxylic acids is 1. The van der Waals surface area contributed by atoms with Crippen LogP contribution in [0.3, 0.4) is 0 Å². The third-order valence-electron chi connectivity index (χ3n) is 3.55. The van der Waals surface area contributed by atoms with Gasteiger partial charge >= 0.3 is 0 Å². The Morgan fingerprint density at radius 1 is 1.30 bits per heavy atom. The molecule has 0 aliphatic heterocycles. The van der Waals surface area contributed by atoms with Crippen molar-refractivity contribution in [2.24, 2.45) is 0 Å². The quantitative estimate of drug-likeness (QED) is 0.561. The van der Waals surface area contributed by atoms with Gasteiger partial charge in [-0.3, -0.25) is 4.79 Å². The summed E-state index contributed by atoms with van der Waals surface area (Å²) in [6.07, 6.45) is 5.56. The van der Waals surface area contributed by atoms with E-state index >= 15 is 0 Å². The van der Waals surface area contributed by atoms with Gasteiger partial charge in [0.1, 0.15) is 17.4 Å². The number of furan rings is 1. The summed E-state index contributed by atoms with van der Waals surface area (Å²) >= 11 is 0. The fourth-order valence-corrected chi connectivity index (χ4v) is 2.41. The highest BCUT2D eigenvalue weighted by atomic mass is 16.3. The number of carbonyl (C=O) groups is 1. The average Bonchev–Trinajstić information content (AvgIpc) is 3.22. The van der Waals surface area contributed by atoms with E-state index in [2.05, 4.69) is 10.3 Å². The van der Waals surface area contributed by atoms with Crippen LogP contribution in [0.2, 0.25) is 0 Å². The molecule has 5 heteroatoms. The number of nitriles is 1. The number of nitrogens with zero attached hydrogens (tertiary/aromatic N) is 1. The van der Waals surface area contributed by atoms with Gasteiger partial charge in [-0.2, -0.15) is 5.26 Å². The molecule has 0 fully saturated rings. The minimum absolute atomic E-state index is 0.0267. The maximum absolute atomic E-state index is 12.0. The topological polar surface area (TPSA) is 81.8 Å². The molecule has 2 heterocycles. The minimum atomic E-state index is -0.399. The van der Waals surface area contributed by atoms with Crippen molar-refractivity contribution in [3.63, 3.8) is 0 Å². The molecule has 0 atom stereocenters. The van der Waals surface area contributed by atoms with Crippen molar-refractivity contribution in [1.82, 2.24) is 10.3 Å². The fraction of sp³-hybridized carbons (Fsp3) is 0.111. The van der Waals surface area contributed by atoms with Gasteiger partial charge in [0.2, 0.25) is 0 Å². The summed E-state index contributed by atoms with van der Waals surface area (Å²) in [6.45, 7) is 0.456. The molecule has 0 saturated heterocycles. The fourth-order valence-electron chi connectivity index (χ4n) is 2.41. The van der Waals surface area contributed by atoms with Crippen LogP contribution in [-0.2, 0) is 11.2 Å². The zero-order valence-electron chi connectivity index (χ0n) is 12.4. The van der Waals surface area contributed by atoms with Gasteiger partial charge in [-0.15, -0.1) is 0 Å². The number of rotatable bonds is 5. The summed E-state index contributed by atoms with van der Waals surface area (Å²) in [4.78, 5) is 15.2. The van der Waals surface area contributed by atoms with Crippen molar-refractivity contribution in [1.29, 1.82) is 5.26 Å². The van der Waals surface area contributed by atoms with Crippen molar-refractivity contribution in [2.45, 2.75) is 6.42 Å². The van der Waals surface area contributed by atoms with Gasteiger partial charge in [0.05, 0.1) is 6.26 Å². The Bertz CT molecular complexity index is 883. The first-order chi connectivity index (χ1) is 11.3. The van der Waals surface area contributed by atoms with E-state index in [1.54, 1.807) is 12.1 Å². The minimum Gasteiger partial charge on any atom is -0.465 e. The molecule has 1 aromatic carbocycles. The zero-order valence-corrected chi connectivity index (χ0v) is 12.4. The molecule has 0 spiro atoms. The molecule has 0 unspecified atom stereocenters. The summed E-state index contributed by atoms with van der Waals surface area (Å²) in [5.74, 6) is 0.0806. The summed E-state index contributed by atoms with van der Waals surface area (Å²) in [5, 5.41) is 13.0. The number of fused-ring (bicyclic) bond motifs is 1. The third-order valence-corrected chi connectivity index (χ3v) is 3.55. The lowest BCUT2D eigenvalue weighted by Crippen LogP contribution is -2.26.